The minimum atomic E-state index is 0.00348. The van der Waals surface area contributed by atoms with Crippen molar-refractivity contribution in [3.05, 3.63) is 137 Å². The summed E-state index contributed by atoms with van der Waals surface area (Å²) in [5.74, 6) is 0.482. The van der Waals surface area contributed by atoms with Gasteiger partial charge in [0.1, 0.15) is 0 Å². The van der Waals surface area contributed by atoms with E-state index in [0.29, 0.717) is 26.2 Å². The van der Waals surface area contributed by atoms with Crippen LogP contribution < -0.4 is 0 Å². The molecule has 4 nitrogen and oxygen atoms in total. The van der Waals surface area contributed by atoms with Gasteiger partial charge in [0.05, 0.1) is 20.7 Å². The van der Waals surface area contributed by atoms with E-state index in [0.717, 1.165) is 7.57 Å². The molecule has 216 valence electrons. The first kappa shape index (κ1) is 30.7. The first-order chi connectivity index (χ1) is 20.2. The van der Waals surface area contributed by atoms with Gasteiger partial charge in [-0.3, -0.25) is 9.59 Å². The zero-order chi connectivity index (χ0) is 30.0. The molecule has 2 aliphatic heterocycles. The quantitative estimate of drug-likeness (QED) is 0.197. The third-order valence-electron chi connectivity index (χ3n) is 7.95. The number of thiophene rings is 2. The van der Waals surface area contributed by atoms with Gasteiger partial charge in [0.2, 0.25) is 11.8 Å². The maximum atomic E-state index is 12.0. The summed E-state index contributed by atoms with van der Waals surface area (Å²) < 4.78 is 2.25. The Labute approximate surface area is 272 Å². The molecule has 42 heavy (non-hydrogen) atoms. The number of aryl methyl sites for hydroxylation is 2. The topological polar surface area (TPSA) is 40.6 Å². The highest BCUT2D eigenvalue weighted by Crippen LogP contribution is 2.42. The first-order valence-electron chi connectivity index (χ1n) is 13.7. The number of rotatable bonds is 4. The Bertz CT molecular complexity index is 1530. The molecule has 0 unspecified atom stereocenters. The summed E-state index contributed by atoms with van der Waals surface area (Å²) in [6.07, 6.45) is 2.81. The van der Waals surface area contributed by atoms with E-state index in [9.17, 15) is 9.59 Å². The van der Waals surface area contributed by atoms with E-state index < -0.39 is 0 Å². The number of carbonyl (C=O) groups excluding carboxylic acids is 2. The summed E-state index contributed by atoms with van der Waals surface area (Å²) in [4.78, 5) is 30.4. The number of carbonyl (C=O) groups is 2. The Kier molecular flexibility index (Phi) is 9.67. The minimum Gasteiger partial charge on any atom is -0.333 e. The lowest BCUT2D eigenvalue weighted by atomic mass is 9.86. The van der Waals surface area contributed by atoms with Crippen molar-refractivity contribution >= 4 is 66.3 Å². The average molecular weight is 725 g/mol. The van der Waals surface area contributed by atoms with Gasteiger partial charge in [0, 0.05) is 34.7 Å². The minimum absolute atomic E-state index is 0.00348. The molecule has 0 fully saturated rings. The summed E-state index contributed by atoms with van der Waals surface area (Å²) in [6.45, 7) is 14.3. The van der Waals surface area contributed by atoms with E-state index in [2.05, 4.69) is 120 Å². The Morgan fingerprint density at radius 2 is 1.10 bits per heavy atom. The third-order valence-corrected chi connectivity index (χ3v) is 11.2. The number of nitrogens with zero attached hydrogens (tertiary/aromatic N) is 2. The van der Waals surface area contributed by atoms with E-state index in [1.165, 1.54) is 55.3 Å². The molecule has 2 atom stereocenters. The number of benzene rings is 2. The Balaban J connectivity index is 0.000000168. The van der Waals surface area contributed by atoms with Crippen LogP contribution in [0.2, 0.25) is 0 Å². The molecule has 8 heteroatoms. The fourth-order valence-electron chi connectivity index (χ4n) is 5.85. The van der Waals surface area contributed by atoms with Gasteiger partial charge in [0.25, 0.3) is 0 Å². The molecule has 0 N–H and O–H groups in total. The molecule has 2 aromatic heterocycles. The van der Waals surface area contributed by atoms with Gasteiger partial charge < -0.3 is 9.80 Å². The van der Waals surface area contributed by atoms with Crippen molar-refractivity contribution in [3.63, 3.8) is 0 Å². The maximum Gasteiger partial charge on any atom is 0.246 e. The first-order valence-corrected chi connectivity index (χ1v) is 16.9. The maximum absolute atomic E-state index is 12.0. The fraction of sp³-hybridized carbons (Fsp3) is 0.235. The fourth-order valence-corrected chi connectivity index (χ4v) is 9.44. The second kappa shape index (κ2) is 13.2. The van der Waals surface area contributed by atoms with Gasteiger partial charge in [0.15, 0.2) is 0 Å². The zero-order valence-electron chi connectivity index (χ0n) is 23.6. The van der Waals surface area contributed by atoms with Crippen LogP contribution in [0.15, 0.2) is 93.5 Å². The molecule has 0 radical (unpaired) electrons. The van der Waals surface area contributed by atoms with Gasteiger partial charge >= 0.3 is 0 Å². The third kappa shape index (κ3) is 6.42. The Morgan fingerprint density at radius 3 is 1.45 bits per heavy atom. The molecule has 0 spiro atoms. The lowest BCUT2D eigenvalue weighted by Crippen LogP contribution is -2.37. The molecule has 2 amide bonds. The van der Waals surface area contributed by atoms with E-state index in [1.54, 1.807) is 22.7 Å². The van der Waals surface area contributed by atoms with Crippen LogP contribution in [0, 0.1) is 13.8 Å². The molecule has 6 rings (SSSR count). The number of fused-ring (bicyclic) bond motifs is 2. The van der Waals surface area contributed by atoms with E-state index in [-0.39, 0.29) is 23.7 Å². The van der Waals surface area contributed by atoms with E-state index in [1.807, 2.05) is 9.80 Å². The van der Waals surface area contributed by atoms with Gasteiger partial charge in [-0.1, -0.05) is 61.7 Å². The van der Waals surface area contributed by atoms with Crippen molar-refractivity contribution in [2.24, 2.45) is 0 Å². The van der Waals surface area contributed by atoms with Gasteiger partial charge in [-0.15, -0.1) is 22.7 Å². The van der Waals surface area contributed by atoms with E-state index in [4.69, 9.17) is 0 Å². The molecule has 0 bridgehead atoms. The van der Waals surface area contributed by atoms with Crippen LogP contribution >= 0.6 is 54.5 Å². The van der Waals surface area contributed by atoms with Gasteiger partial charge in [-0.05, 0) is 103 Å². The predicted octanol–water partition coefficient (Wildman–Crippen LogP) is 8.96. The van der Waals surface area contributed by atoms with Crippen molar-refractivity contribution in [1.82, 2.24) is 9.80 Å². The molecule has 0 aliphatic carbocycles. The summed E-state index contributed by atoms with van der Waals surface area (Å²) in [5.41, 5.74) is 7.81. The lowest BCUT2D eigenvalue weighted by molar-refractivity contribution is -0.127. The van der Waals surface area contributed by atoms with Crippen molar-refractivity contribution in [3.8, 4) is 0 Å². The monoisotopic (exact) mass is 722 g/mol. The van der Waals surface area contributed by atoms with Crippen LogP contribution in [0.4, 0.5) is 0 Å². The smallest absolute Gasteiger partial charge is 0.246 e. The standard InChI is InChI=1S/2C17H16BrNOS/c2*1-3-17(20)19-9-14(12-7-5-4-6-11(12)2)13-8-16(18)21-15(13)10-19/h2*3-8,14H,1,9-10H2,2H3/t2*14-/m10/s1. The number of hydrogen-bond donors (Lipinski definition) is 0. The molecule has 0 saturated heterocycles. The SMILES string of the molecule is C=CC(=O)N1Cc2sc(Br)cc2[C@@H](c2ccccc2C)C1.C=CC(=O)N1Cc2sc(Br)cc2[C@H](c2ccccc2C)C1. The molecule has 2 aromatic carbocycles. The summed E-state index contributed by atoms with van der Waals surface area (Å²) in [7, 11) is 0. The second-order valence-electron chi connectivity index (χ2n) is 10.5. The second-order valence-corrected chi connectivity index (χ2v) is 15.6. The van der Waals surface area contributed by atoms with Crippen LogP contribution in [0.1, 0.15) is 55.0 Å². The van der Waals surface area contributed by atoms with Crippen molar-refractivity contribution in [2.75, 3.05) is 13.1 Å². The number of amides is 2. The van der Waals surface area contributed by atoms with Crippen LogP contribution in [0.5, 0.6) is 0 Å². The Hall–Kier alpha value is -2.78. The van der Waals surface area contributed by atoms with Crippen LogP contribution in [-0.4, -0.2) is 34.7 Å². The summed E-state index contributed by atoms with van der Waals surface area (Å²) >= 11 is 10.6. The summed E-state index contributed by atoms with van der Waals surface area (Å²) in [6, 6.07) is 21.2. The van der Waals surface area contributed by atoms with Crippen molar-refractivity contribution < 1.29 is 9.59 Å². The number of halogens is 2. The highest BCUT2D eigenvalue weighted by Gasteiger charge is 2.32. The molecular formula is C34H32Br2N2O2S2. The average Bonchev–Trinajstić information content (AvgIpc) is 3.56. The lowest BCUT2D eigenvalue weighted by Gasteiger charge is -2.33. The van der Waals surface area contributed by atoms with Gasteiger partial charge in [-0.25, -0.2) is 0 Å². The molecule has 4 heterocycles. The highest BCUT2D eigenvalue weighted by molar-refractivity contribution is 9.11. The van der Waals surface area contributed by atoms with Crippen molar-refractivity contribution in [1.29, 1.82) is 0 Å². The van der Waals surface area contributed by atoms with Crippen LogP contribution in [0.3, 0.4) is 0 Å². The molecule has 2 aliphatic rings. The highest BCUT2D eigenvalue weighted by atomic mass is 79.9. The van der Waals surface area contributed by atoms with Crippen LogP contribution in [-0.2, 0) is 22.7 Å². The Morgan fingerprint density at radius 1 is 0.714 bits per heavy atom. The molecular weight excluding hydrogens is 692 g/mol. The largest absolute Gasteiger partial charge is 0.333 e. The van der Waals surface area contributed by atoms with Crippen LogP contribution in [0.25, 0.3) is 0 Å². The van der Waals surface area contributed by atoms with E-state index >= 15 is 0 Å². The van der Waals surface area contributed by atoms with Crippen molar-refractivity contribution in [2.45, 2.75) is 38.8 Å². The normalized spacial score (nSPS) is 17.4. The van der Waals surface area contributed by atoms with Gasteiger partial charge in [-0.2, -0.15) is 0 Å². The summed E-state index contributed by atoms with van der Waals surface area (Å²) in [5, 5.41) is 0. The predicted molar refractivity (Wildman–Crippen MR) is 181 cm³/mol. The zero-order valence-corrected chi connectivity index (χ0v) is 28.4. The molecule has 0 saturated carbocycles. The molecule has 4 aromatic rings. The number of hydrogen-bond acceptors (Lipinski definition) is 4.